The van der Waals surface area contributed by atoms with Crippen LogP contribution in [0.1, 0.15) is 32.5 Å². The Balaban J connectivity index is 2.24. The van der Waals surface area contributed by atoms with E-state index in [0.29, 0.717) is 0 Å². The second-order valence-electron chi connectivity index (χ2n) is 5.03. The number of ether oxygens (including phenoxy) is 1. The summed E-state index contributed by atoms with van der Waals surface area (Å²) >= 11 is 0. The van der Waals surface area contributed by atoms with Crippen LogP contribution in [0.15, 0.2) is 18.2 Å². The number of nitrogens with one attached hydrogen (secondary N) is 1. The molecule has 0 atom stereocenters. The fraction of sp³-hybridized carbons (Fsp3) is 0.562. The molecule has 0 saturated heterocycles. The Morgan fingerprint density at radius 3 is 2.75 bits per heavy atom. The minimum absolute atomic E-state index is 0.870. The van der Waals surface area contributed by atoms with Gasteiger partial charge in [0.15, 0.2) is 0 Å². The molecule has 0 aliphatic carbocycles. The van der Waals surface area contributed by atoms with Gasteiger partial charge >= 0.3 is 0 Å². The maximum Gasteiger partial charge on any atom is 0.121 e. The summed E-state index contributed by atoms with van der Waals surface area (Å²) in [5.74, 6) is 2.04. The molecule has 4 nitrogen and oxygen atoms in total. The van der Waals surface area contributed by atoms with Crippen molar-refractivity contribution >= 4 is 11.0 Å². The van der Waals surface area contributed by atoms with Crippen LogP contribution in [-0.4, -0.2) is 29.8 Å². The topological polar surface area (TPSA) is 39.1 Å². The van der Waals surface area contributed by atoms with E-state index in [2.05, 4.69) is 29.8 Å². The van der Waals surface area contributed by atoms with Crippen LogP contribution in [0.2, 0.25) is 0 Å². The summed E-state index contributed by atoms with van der Waals surface area (Å²) in [5.41, 5.74) is 2.24. The van der Waals surface area contributed by atoms with Gasteiger partial charge in [-0.1, -0.05) is 13.8 Å². The molecule has 0 amide bonds. The van der Waals surface area contributed by atoms with E-state index in [4.69, 9.17) is 9.72 Å². The SMILES string of the molecule is CCCNCCc1nc2cc(OC)ccc2n1CCC. The number of benzene rings is 1. The zero-order valence-electron chi connectivity index (χ0n) is 12.8. The van der Waals surface area contributed by atoms with Crippen LogP contribution < -0.4 is 10.1 Å². The van der Waals surface area contributed by atoms with Gasteiger partial charge in [0.2, 0.25) is 0 Å². The van der Waals surface area contributed by atoms with Gasteiger partial charge in [0.25, 0.3) is 0 Å². The Morgan fingerprint density at radius 2 is 2.05 bits per heavy atom. The highest BCUT2D eigenvalue weighted by atomic mass is 16.5. The average Bonchev–Trinajstić information content (AvgIpc) is 2.81. The first kappa shape index (κ1) is 14.9. The highest BCUT2D eigenvalue weighted by molar-refractivity contribution is 5.77. The highest BCUT2D eigenvalue weighted by Gasteiger charge is 2.10. The lowest BCUT2D eigenvalue weighted by molar-refractivity contribution is 0.415. The molecule has 1 N–H and O–H groups in total. The predicted octanol–water partition coefficient (Wildman–Crippen LogP) is 3.00. The van der Waals surface area contributed by atoms with E-state index < -0.39 is 0 Å². The number of hydrogen-bond acceptors (Lipinski definition) is 3. The number of rotatable bonds is 8. The van der Waals surface area contributed by atoms with Crippen LogP contribution in [0.5, 0.6) is 5.75 Å². The maximum atomic E-state index is 5.28. The molecule has 2 rings (SSSR count). The second-order valence-corrected chi connectivity index (χ2v) is 5.03. The molecule has 0 unspecified atom stereocenters. The Hall–Kier alpha value is -1.55. The van der Waals surface area contributed by atoms with Crippen molar-refractivity contribution in [2.45, 2.75) is 39.7 Å². The Morgan fingerprint density at radius 1 is 1.20 bits per heavy atom. The van der Waals surface area contributed by atoms with Crippen LogP contribution in [-0.2, 0) is 13.0 Å². The number of fused-ring (bicyclic) bond motifs is 1. The molecule has 0 fully saturated rings. The van der Waals surface area contributed by atoms with E-state index >= 15 is 0 Å². The van der Waals surface area contributed by atoms with Gasteiger partial charge in [-0.3, -0.25) is 0 Å². The zero-order chi connectivity index (χ0) is 14.4. The van der Waals surface area contributed by atoms with Gasteiger partial charge in [0, 0.05) is 25.6 Å². The number of aryl methyl sites for hydroxylation is 1. The van der Waals surface area contributed by atoms with Gasteiger partial charge < -0.3 is 14.6 Å². The molecule has 0 aliphatic rings. The molecule has 1 aromatic heterocycles. The van der Waals surface area contributed by atoms with E-state index in [1.54, 1.807) is 7.11 Å². The molecular formula is C16H25N3O. The van der Waals surface area contributed by atoms with Crippen LogP contribution in [0.25, 0.3) is 11.0 Å². The van der Waals surface area contributed by atoms with E-state index in [1.807, 2.05) is 12.1 Å². The first-order chi connectivity index (χ1) is 9.80. The largest absolute Gasteiger partial charge is 0.497 e. The zero-order valence-corrected chi connectivity index (χ0v) is 12.8. The summed E-state index contributed by atoms with van der Waals surface area (Å²) in [6, 6.07) is 6.14. The van der Waals surface area contributed by atoms with Crippen molar-refractivity contribution in [3.63, 3.8) is 0 Å². The molecule has 1 heterocycles. The molecule has 110 valence electrons. The normalized spacial score (nSPS) is 11.2. The molecule has 0 spiro atoms. The second kappa shape index (κ2) is 7.29. The Bertz CT molecular complexity index is 548. The lowest BCUT2D eigenvalue weighted by Crippen LogP contribution is -2.19. The average molecular weight is 275 g/mol. The van der Waals surface area contributed by atoms with Crippen molar-refractivity contribution < 1.29 is 4.74 Å². The molecule has 20 heavy (non-hydrogen) atoms. The van der Waals surface area contributed by atoms with Crippen molar-refractivity contribution in [3.05, 3.63) is 24.0 Å². The van der Waals surface area contributed by atoms with Crippen molar-refractivity contribution in [1.29, 1.82) is 0 Å². The van der Waals surface area contributed by atoms with Gasteiger partial charge in [0.1, 0.15) is 11.6 Å². The molecule has 0 saturated carbocycles. The van der Waals surface area contributed by atoms with Gasteiger partial charge in [-0.2, -0.15) is 0 Å². The fourth-order valence-electron chi connectivity index (χ4n) is 2.45. The summed E-state index contributed by atoms with van der Waals surface area (Å²) in [6.45, 7) is 7.46. The van der Waals surface area contributed by atoms with Crippen LogP contribution in [0.4, 0.5) is 0 Å². The maximum absolute atomic E-state index is 5.28. The third kappa shape index (κ3) is 3.31. The Labute approximate surface area is 121 Å². The lowest BCUT2D eigenvalue weighted by atomic mass is 10.3. The summed E-state index contributed by atoms with van der Waals surface area (Å²) in [5, 5.41) is 3.44. The van der Waals surface area contributed by atoms with Gasteiger partial charge in [-0.05, 0) is 31.5 Å². The van der Waals surface area contributed by atoms with Crippen LogP contribution >= 0.6 is 0 Å². The summed E-state index contributed by atoms with van der Waals surface area (Å²) in [4.78, 5) is 4.78. The molecule has 2 aromatic rings. The molecule has 4 heteroatoms. The predicted molar refractivity (Wildman–Crippen MR) is 83.4 cm³/mol. The van der Waals surface area contributed by atoms with E-state index in [-0.39, 0.29) is 0 Å². The van der Waals surface area contributed by atoms with Crippen LogP contribution in [0, 0.1) is 0 Å². The number of methoxy groups -OCH3 is 1. The first-order valence-electron chi connectivity index (χ1n) is 7.54. The molecule has 0 bridgehead atoms. The minimum atomic E-state index is 0.870. The summed E-state index contributed by atoms with van der Waals surface area (Å²) in [7, 11) is 1.69. The molecular weight excluding hydrogens is 250 g/mol. The molecule has 0 radical (unpaired) electrons. The molecule has 0 aliphatic heterocycles. The van der Waals surface area contributed by atoms with E-state index in [1.165, 1.54) is 17.8 Å². The number of imidazole rings is 1. The quantitative estimate of drug-likeness (QED) is 0.753. The summed E-state index contributed by atoms with van der Waals surface area (Å²) < 4.78 is 7.62. The van der Waals surface area contributed by atoms with Crippen molar-refractivity contribution in [2.24, 2.45) is 0 Å². The van der Waals surface area contributed by atoms with Crippen molar-refractivity contribution in [3.8, 4) is 5.75 Å². The fourth-order valence-corrected chi connectivity index (χ4v) is 2.45. The first-order valence-corrected chi connectivity index (χ1v) is 7.54. The van der Waals surface area contributed by atoms with E-state index in [0.717, 1.165) is 43.7 Å². The van der Waals surface area contributed by atoms with Gasteiger partial charge in [-0.15, -0.1) is 0 Å². The third-order valence-corrected chi connectivity index (χ3v) is 3.43. The summed E-state index contributed by atoms with van der Waals surface area (Å²) in [6.07, 6.45) is 3.26. The highest BCUT2D eigenvalue weighted by Crippen LogP contribution is 2.22. The standard InChI is InChI=1S/C16H25N3O/c1-4-9-17-10-8-16-18-14-12-13(20-3)6-7-15(14)19(16)11-5-2/h6-7,12,17H,4-5,8-11H2,1-3H3. The van der Waals surface area contributed by atoms with E-state index in [9.17, 15) is 0 Å². The Kier molecular flexibility index (Phi) is 5.41. The monoisotopic (exact) mass is 275 g/mol. The van der Waals surface area contributed by atoms with Gasteiger partial charge in [0.05, 0.1) is 18.1 Å². The number of aromatic nitrogens is 2. The number of hydrogen-bond donors (Lipinski definition) is 1. The van der Waals surface area contributed by atoms with Gasteiger partial charge in [-0.25, -0.2) is 4.98 Å². The van der Waals surface area contributed by atoms with Crippen molar-refractivity contribution in [1.82, 2.24) is 14.9 Å². The molecule has 1 aromatic carbocycles. The third-order valence-electron chi connectivity index (χ3n) is 3.43. The minimum Gasteiger partial charge on any atom is -0.497 e. The van der Waals surface area contributed by atoms with Crippen LogP contribution in [0.3, 0.4) is 0 Å². The number of nitrogens with zero attached hydrogens (tertiary/aromatic N) is 2. The van der Waals surface area contributed by atoms with Crippen molar-refractivity contribution in [2.75, 3.05) is 20.2 Å². The smallest absolute Gasteiger partial charge is 0.121 e. The lowest BCUT2D eigenvalue weighted by Gasteiger charge is -2.08.